The molecule has 0 unspecified atom stereocenters. The van der Waals surface area contributed by atoms with Crippen molar-refractivity contribution in [2.75, 3.05) is 14.2 Å². The Bertz CT molecular complexity index is 604. The Morgan fingerprint density at radius 1 is 1.32 bits per heavy atom. The molecule has 0 saturated carbocycles. The third-order valence-electron chi connectivity index (χ3n) is 3.03. The van der Waals surface area contributed by atoms with Crippen molar-refractivity contribution in [1.82, 2.24) is 9.88 Å². The minimum Gasteiger partial charge on any atom is -0.469 e. The number of nitrogens with one attached hydrogen (secondary N) is 1. The molecule has 1 aromatic heterocycles. The van der Waals surface area contributed by atoms with E-state index in [1.165, 1.54) is 12.0 Å². The highest BCUT2D eigenvalue weighted by Gasteiger charge is 2.15. The summed E-state index contributed by atoms with van der Waals surface area (Å²) in [6.45, 7) is 0.458. The molecule has 5 heteroatoms. The Balaban J connectivity index is 2.08. The first-order valence-corrected chi connectivity index (χ1v) is 5.97. The van der Waals surface area contributed by atoms with Crippen molar-refractivity contribution in [3.63, 3.8) is 0 Å². The first kappa shape index (κ1) is 13.1. The molecule has 19 heavy (non-hydrogen) atoms. The van der Waals surface area contributed by atoms with Gasteiger partial charge in [-0.05, 0) is 11.6 Å². The quantitative estimate of drug-likeness (QED) is 0.672. The molecule has 1 N–H and O–H groups in total. The molecule has 0 aliphatic carbocycles. The number of aromatic amines is 1. The van der Waals surface area contributed by atoms with Crippen molar-refractivity contribution >= 4 is 22.8 Å². The number of para-hydroxylation sites is 1. The highest BCUT2D eigenvalue weighted by molar-refractivity contribution is 5.94. The van der Waals surface area contributed by atoms with Gasteiger partial charge in [-0.15, -0.1) is 0 Å². The molecule has 0 spiro atoms. The maximum atomic E-state index is 11.8. The zero-order chi connectivity index (χ0) is 13.8. The normalized spacial score (nSPS) is 10.4. The van der Waals surface area contributed by atoms with Crippen LogP contribution in [0, 0.1) is 0 Å². The summed E-state index contributed by atoms with van der Waals surface area (Å²) in [7, 11) is 2.95. The Kier molecular flexibility index (Phi) is 3.85. The van der Waals surface area contributed by atoms with Crippen molar-refractivity contribution < 1.29 is 14.3 Å². The van der Waals surface area contributed by atoms with E-state index in [4.69, 9.17) is 0 Å². The number of hydrogen-bond acceptors (Lipinski definition) is 3. The van der Waals surface area contributed by atoms with Crippen LogP contribution in [0.5, 0.6) is 0 Å². The van der Waals surface area contributed by atoms with Gasteiger partial charge in [0.25, 0.3) is 0 Å². The molecule has 5 nitrogen and oxygen atoms in total. The van der Waals surface area contributed by atoms with Gasteiger partial charge in [0.15, 0.2) is 0 Å². The molecule has 0 aliphatic rings. The van der Waals surface area contributed by atoms with Crippen LogP contribution in [0.4, 0.5) is 0 Å². The van der Waals surface area contributed by atoms with Gasteiger partial charge in [0.1, 0.15) is 6.42 Å². The van der Waals surface area contributed by atoms with E-state index in [1.807, 2.05) is 30.5 Å². The predicted octanol–water partition coefficient (Wildman–Crippen LogP) is 1.69. The van der Waals surface area contributed by atoms with Crippen molar-refractivity contribution in [1.29, 1.82) is 0 Å². The number of benzene rings is 1. The summed E-state index contributed by atoms with van der Waals surface area (Å²) >= 11 is 0. The van der Waals surface area contributed by atoms with Crippen LogP contribution in [0.1, 0.15) is 12.0 Å². The molecular weight excluding hydrogens is 244 g/mol. The minimum atomic E-state index is -0.518. The lowest BCUT2D eigenvalue weighted by Crippen LogP contribution is -2.28. The number of fused-ring (bicyclic) bond motifs is 1. The molecule has 100 valence electrons. The second kappa shape index (κ2) is 5.56. The lowest BCUT2D eigenvalue weighted by molar-refractivity contribution is -0.146. The number of H-pyrrole nitrogens is 1. The minimum absolute atomic E-state index is 0.227. The largest absolute Gasteiger partial charge is 0.469 e. The van der Waals surface area contributed by atoms with Crippen LogP contribution in [0.3, 0.4) is 0 Å². The molecule has 0 radical (unpaired) electrons. The van der Waals surface area contributed by atoms with Gasteiger partial charge in [-0.3, -0.25) is 9.59 Å². The number of amides is 1. The zero-order valence-electron chi connectivity index (χ0n) is 11.0. The van der Waals surface area contributed by atoms with Crippen molar-refractivity contribution in [3.8, 4) is 0 Å². The molecule has 0 saturated heterocycles. The van der Waals surface area contributed by atoms with E-state index >= 15 is 0 Å². The maximum Gasteiger partial charge on any atom is 0.315 e. The standard InChI is InChI=1S/C14H16N2O3/c1-16(13(17)7-14(18)19-2)9-10-8-15-12-6-4-3-5-11(10)12/h3-6,8,15H,7,9H2,1-2H3. The fourth-order valence-corrected chi connectivity index (χ4v) is 1.94. The number of ether oxygens (including phenoxy) is 1. The molecule has 1 amide bonds. The topological polar surface area (TPSA) is 62.4 Å². The van der Waals surface area contributed by atoms with E-state index in [1.54, 1.807) is 7.05 Å². The van der Waals surface area contributed by atoms with E-state index in [0.717, 1.165) is 16.5 Å². The number of carbonyl (C=O) groups excluding carboxylic acids is 2. The summed E-state index contributed by atoms with van der Waals surface area (Å²) in [6, 6.07) is 7.89. The van der Waals surface area contributed by atoms with Gasteiger partial charge in [-0.2, -0.15) is 0 Å². The van der Waals surface area contributed by atoms with E-state index < -0.39 is 5.97 Å². The van der Waals surface area contributed by atoms with E-state index in [9.17, 15) is 9.59 Å². The van der Waals surface area contributed by atoms with Gasteiger partial charge in [0.2, 0.25) is 5.91 Å². The van der Waals surface area contributed by atoms with Crippen LogP contribution in [-0.4, -0.2) is 35.9 Å². The van der Waals surface area contributed by atoms with E-state index in [0.29, 0.717) is 6.54 Å². The summed E-state index contributed by atoms with van der Waals surface area (Å²) in [4.78, 5) is 27.5. The summed E-state index contributed by atoms with van der Waals surface area (Å²) in [5.74, 6) is -0.770. The Morgan fingerprint density at radius 3 is 2.79 bits per heavy atom. The van der Waals surface area contributed by atoms with Crippen LogP contribution >= 0.6 is 0 Å². The first-order chi connectivity index (χ1) is 9.11. The fourth-order valence-electron chi connectivity index (χ4n) is 1.94. The first-order valence-electron chi connectivity index (χ1n) is 5.97. The SMILES string of the molecule is COC(=O)CC(=O)N(C)Cc1c[nH]c2ccccc12. The Morgan fingerprint density at radius 2 is 2.05 bits per heavy atom. The molecule has 1 aromatic carbocycles. The van der Waals surface area contributed by atoms with Crippen molar-refractivity contribution in [3.05, 3.63) is 36.0 Å². The Labute approximate surface area is 111 Å². The number of methoxy groups -OCH3 is 1. The lowest BCUT2D eigenvalue weighted by Gasteiger charge is -2.16. The lowest BCUT2D eigenvalue weighted by atomic mass is 10.1. The number of aromatic nitrogens is 1. The smallest absolute Gasteiger partial charge is 0.315 e. The van der Waals surface area contributed by atoms with Gasteiger partial charge >= 0.3 is 5.97 Å². The zero-order valence-corrected chi connectivity index (χ0v) is 11.0. The van der Waals surface area contributed by atoms with Gasteiger partial charge in [-0.1, -0.05) is 18.2 Å². The van der Waals surface area contributed by atoms with Crippen LogP contribution in [0.2, 0.25) is 0 Å². The second-order valence-corrected chi connectivity index (χ2v) is 4.36. The average molecular weight is 260 g/mol. The van der Waals surface area contributed by atoms with Gasteiger partial charge in [0.05, 0.1) is 7.11 Å². The molecule has 2 rings (SSSR count). The van der Waals surface area contributed by atoms with Crippen molar-refractivity contribution in [2.45, 2.75) is 13.0 Å². The van der Waals surface area contributed by atoms with Crippen LogP contribution in [0.25, 0.3) is 10.9 Å². The molecule has 0 aliphatic heterocycles. The third-order valence-corrected chi connectivity index (χ3v) is 3.03. The average Bonchev–Trinajstić information content (AvgIpc) is 2.82. The Hall–Kier alpha value is -2.30. The van der Waals surface area contributed by atoms with E-state index in [2.05, 4.69) is 9.72 Å². The monoisotopic (exact) mass is 260 g/mol. The summed E-state index contributed by atoms with van der Waals surface area (Å²) in [5.41, 5.74) is 2.06. The van der Waals surface area contributed by atoms with Crippen LogP contribution in [-0.2, 0) is 20.9 Å². The summed E-state index contributed by atoms with van der Waals surface area (Å²) in [5, 5.41) is 1.08. The maximum absolute atomic E-state index is 11.8. The predicted molar refractivity (Wildman–Crippen MR) is 71.4 cm³/mol. The summed E-state index contributed by atoms with van der Waals surface area (Å²) < 4.78 is 4.48. The molecule has 1 heterocycles. The number of rotatable bonds is 4. The highest BCUT2D eigenvalue weighted by Crippen LogP contribution is 2.19. The van der Waals surface area contributed by atoms with Gasteiger partial charge < -0.3 is 14.6 Å². The third kappa shape index (κ3) is 2.93. The molecule has 0 atom stereocenters. The second-order valence-electron chi connectivity index (χ2n) is 4.36. The van der Waals surface area contributed by atoms with Crippen LogP contribution < -0.4 is 0 Å². The fraction of sp³-hybridized carbons (Fsp3) is 0.286. The van der Waals surface area contributed by atoms with E-state index in [-0.39, 0.29) is 12.3 Å². The number of nitrogens with zero attached hydrogens (tertiary/aromatic N) is 1. The molecule has 2 aromatic rings. The van der Waals surface area contributed by atoms with Crippen LogP contribution in [0.15, 0.2) is 30.5 Å². The van der Waals surface area contributed by atoms with Gasteiger partial charge in [0, 0.05) is 30.7 Å². The molecule has 0 fully saturated rings. The highest BCUT2D eigenvalue weighted by atomic mass is 16.5. The summed E-state index contributed by atoms with van der Waals surface area (Å²) in [6.07, 6.45) is 1.65. The van der Waals surface area contributed by atoms with Crippen molar-refractivity contribution in [2.24, 2.45) is 0 Å². The number of carbonyl (C=O) groups is 2. The number of hydrogen-bond donors (Lipinski definition) is 1. The molecule has 0 bridgehead atoms. The molecular formula is C14H16N2O3. The number of esters is 1. The van der Waals surface area contributed by atoms with Gasteiger partial charge in [-0.25, -0.2) is 0 Å².